The van der Waals surface area contributed by atoms with Gasteiger partial charge in [-0.1, -0.05) is 13.3 Å². The van der Waals surface area contributed by atoms with Crippen molar-refractivity contribution in [1.82, 2.24) is 4.98 Å². The van der Waals surface area contributed by atoms with Gasteiger partial charge in [-0.25, -0.2) is 0 Å². The highest BCUT2D eigenvalue weighted by atomic mass is 15.0. The van der Waals surface area contributed by atoms with Crippen LogP contribution in [0, 0.1) is 5.92 Å². The Bertz CT molecular complexity index is 565. The summed E-state index contributed by atoms with van der Waals surface area (Å²) in [5.74, 6) is 0.832. The van der Waals surface area contributed by atoms with Gasteiger partial charge in [-0.05, 0) is 43.0 Å². The highest BCUT2D eigenvalue weighted by molar-refractivity contribution is 5.96. The van der Waals surface area contributed by atoms with Crippen LogP contribution in [0.2, 0.25) is 0 Å². The normalized spacial score (nSPS) is 22.1. The van der Waals surface area contributed by atoms with Gasteiger partial charge in [0.2, 0.25) is 0 Å². The molecule has 1 aromatic heterocycles. The summed E-state index contributed by atoms with van der Waals surface area (Å²) in [6.07, 6.45) is 5.65. The fraction of sp³-hybridized carbons (Fsp3) is 0.400. The van der Waals surface area contributed by atoms with E-state index in [0.29, 0.717) is 6.04 Å². The highest BCUT2D eigenvalue weighted by Crippen LogP contribution is 2.39. The van der Waals surface area contributed by atoms with Gasteiger partial charge in [-0.15, -0.1) is 0 Å². The maximum atomic E-state index is 6.21. The van der Waals surface area contributed by atoms with E-state index in [-0.39, 0.29) is 0 Å². The summed E-state index contributed by atoms with van der Waals surface area (Å²) in [6.45, 7) is 2.24. The predicted molar refractivity (Wildman–Crippen MR) is 76.6 cm³/mol. The van der Waals surface area contributed by atoms with Gasteiger partial charge in [0.25, 0.3) is 0 Å². The van der Waals surface area contributed by atoms with E-state index in [9.17, 15) is 0 Å². The molecule has 1 aliphatic carbocycles. The minimum absolute atomic E-state index is 0.612. The Hall–Kier alpha value is -1.77. The Kier molecular flexibility index (Phi) is 2.82. The number of hydrogen-bond donors (Lipinski definition) is 2. The SMILES string of the molecule is CCCC1CC1Nc1ccc2ncccc2c1N. The molecule has 2 unspecified atom stereocenters. The lowest BCUT2D eigenvalue weighted by Crippen LogP contribution is -2.07. The number of hydrogen-bond acceptors (Lipinski definition) is 3. The largest absolute Gasteiger partial charge is 0.397 e. The molecule has 94 valence electrons. The van der Waals surface area contributed by atoms with Gasteiger partial charge >= 0.3 is 0 Å². The molecule has 0 radical (unpaired) electrons. The average molecular weight is 241 g/mol. The first-order valence-electron chi connectivity index (χ1n) is 6.69. The minimum atomic E-state index is 0.612. The van der Waals surface area contributed by atoms with Crippen molar-refractivity contribution in [1.29, 1.82) is 0 Å². The molecule has 0 amide bonds. The van der Waals surface area contributed by atoms with Crippen molar-refractivity contribution < 1.29 is 0 Å². The fourth-order valence-corrected chi connectivity index (χ4v) is 2.62. The van der Waals surface area contributed by atoms with Crippen LogP contribution < -0.4 is 11.1 Å². The molecule has 0 spiro atoms. The lowest BCUT2D eigenvalue weighted by molar-refractivity contribution is 0.693. The standard InChI is InChI=1S/C15H19N3/c1-2-4-10-9-14(10)18-13-7-6-12-11(15(13)16)5-3-8-17-12/h3,5-8,10,14,18H,2,4,9,16H2,1H3. The van der Waals surface area contributed by atoms with Gasteiger partial charge in [0, 0.05) is 17.6 Å². The first-order valence-corrected chi connectivity index (χ1v) is 6.69. The number of nitrogens with zero attached hydrogens (tertiary/aromatic N) is 1. The number of pyridine rings is 1. The Balaban J connectivity index is 1.83. The summed E-state index contributed by atoms with van der Waals surface area (Å²) >= 11 is 0. The summed E-state index contributed by atoms with van der Waals surface area (Å²) in [4.78, 5) is 4.31. The van der Waals surface area contributed by atoms with E-state index in [1.807, 2.05) is 24.3 Å². The van der Waals surface area contributed by atoms with Gasteiger partial charge in [0.05, 0.1) is 16.9 Å². The Morgan fingerprint density at radius 2 is 2.28 bits per heavy atom. The summed E-state index contributed by atoms with van der Waals surface area (Å²) in [5, 5.41) is 4.60. The van der Waals surface area contributed by atoms with Gasteiger partial charge in [-0.3, -0.25) is 4.98 Å². The van der Waals surface area contributed by atoms with Crippen molar-refractivity contribution in [3.05, 3.63) is 30.5 Å². The van der Waals surface area contributed by atoms with Crippen LogP contribution in [0.4, 0.5) is 11.4 Å². The molecule has 3 rings (SSSR count). The van der Waals surface area contributed by atoms with Crippen LogP contribution in [0.25, 0.3) is 10.9 Å². The molecule has 1 saturated carbocycles. The zero-order valence-corrected chi connectivity index (χ0v) is 10.7. The number of nitrogen functional groups attached to an aromatic ring is 1. The maximum absolute atomic E-state index is 6.21. The average Bonchev–Trinajstić information content (AvgIpc) is 3.12. The number of aromatic nitrogens is 1. The Morgan fingerprint density at radius 3 is 3.11 bits per heavy atom. The molecule has 3 N–H and O–H groups in total. The molecule has 1 fully saturated rings. The molecule has 18 heavy (non-hydrogen) atoms. The zero-order valence-electron chi connectivity index (χ0n) is 10.7. The van der Waals surface area contributed by atoms with Gasteiger partial charge in [0.15, 0.2) is 0 Å². The summed E-state index contributed by atoms with van der Waals surface area (Å²) in [7, 11) is 0. The molecule has 1 heterocycles. The van der Waals surface area contributed by atoms with Gasteiger partial charge < -0.3 is 11.1 Å². The maximum Gasteiger partial charge on any atom is 0.0724 e. The molecular formula is C15H19N3. The lowest BCUT2D eigenvalue weighted by Gasteiger charge is -2.11. The van der Waals surface area contributed by atoms with Crippen molar-refractivity contribution in [2.45, 2.75) is 32.2 Å². The molecule has 0 saturated heterocycles. The third-order valence-corrected chi connectivity index (χ3v) is 3.75. The monoisotopic (exact) mass is 241 g/mol. The Labute approximate surface area is 107 Å². The molecule has 0 bridgehead atoms. The third kappa shape index (κ3) is 2.01. The number of nitrogens with one attached hydrogen (secondary N) is 1. The molecule has 1 aliphatic rings. The van der Waals surface area contributed by atoms with Crippen molar-refractivity contribution in [2.75, 3.05) is 11.1 Å². The number of nitrogens with two attached hydrogens (primary N) is 1. The van der Waals surface area contributed by atoms with Crippen LogP contribution in [0.3, 0.4) is 0 Å². The van der Waals surface area contributed by atoms with E-state index in [2.05, 4.69) is 17.2 Å². The van der Waals surface area contributed by atoms with E-state index >= 15 is 0 Å². The second-order valence-corrected chi connectivity index (χ2v) is 5.13. The number of rotatable bonds is 4. The number of fused-ring (bicyclic) bond motifs is 1. The molecule has 3 heteroatoms. The lowest BCUT2D eigenvalue weighted by atomic mass is 10.1. The molecular weight excluding hydrogens is 222 g/mol. The summed E-state index contributed by atoms with van der Waals surface area (Å²) in [5.41, 5.74) is 9.05. The van der Waals surface area contributed by atoms with E-state index in [0.717, 1.165) is 28.2 Å². The summed E-state index contributed by atoms with van der Waals surface area (Å²) in [6, 6.07) is 8.65. The van der Waals surface area contributed by atoms with Crippen LogP contribution in [0.1, 0.15) is 26.2 Å². The van der Waals surface area contributed by atoms with E-state index in [1.165, 1.54) is 19.3 Å². The Morgan fingerprint density at radius 1 is 1.39 bits per heavy atom. The van der Waals surface area contributed by atoms with Crippen LogP contribution in [0.5, 0.6) is 0 Å². The second kappa shape index (κ2) is 4.48. The minimum Gasteiger partial charge on any atom is -0.397 e. The topological polar surface area (TPSA) is 50.9 Å². The molecule has 0 aliphatic heterocycles. The van der Waals surface area contributed by atoms with E-state index < -0.39 is 0 Å². The smallest absolute Gasteiger partial charge is 0.0724 e. The molecule has 3 nitrogen and oxygen atoms in total. The van der Waals surface area contributed by atoms with Crippen LogP contribution in [-0.2, 0) is 0 Å². The van der Waals surface area contributed by atoms with Gasteiger partial charge in [0.1, 0.15) is 0 Å². The van der Waals surface area contributed by atoms with Gasteiger partial charge in [-0.2, -0.15) is 0 Å². The van der Waals surface area contributed by atoms with Crippen LogP contribution in [0.15, 0.2) is 30.5 Å². The van der Waals surface area contributed by atoms with Crippen molar-refractivity contribution in [2.24, 2.45) is 5.92 Å². The highest BCUT2D eigenvalue weighted by Gasteiger charge is 2.36. The van der Waals surface area contributed by atoms with Crippen LogP contribution >= 0.6 is 0 Å². The van der Waals surface area contributed by atoms with E-state index in [1.54, 1.807) is 6.20 Å². The van der Waals surface area contributed by atoms with Crippen molar-refractivity contribution in [3.8, 4) is 0 Å². The zero-order chi connectivity index (χ0) is 12.5. The molecule has 2 aromatic rings. The van der Waals surface area contributed by atoms with E-state index in [4.69, 9.17) is 5.73 Å². The molecule has 1 aromatic carbocycles. The van der Waals surface area contributed by atoms with Crippen molar-refractivity contribution in [3.63, 3.8) is 0 Å². The van der Waals surface area contributed by atoms with Crippen LogP contribution in [-0.4, -0.2) is 11.0 Å². The predicted octanol–water partition coefficient (Wildman–Crippen LogP) is 3.42. The fourth-order valence-electron chi connectivity index (χ4n) is 2.62. The first kappa shape index (κ1) is 11.3. The number of benzene rings is 1. The molecule has 2 atom stereocenters. The van der Waals surface area contributed by atoms with Crippen molar-refractivity contribution >= 4 is 22.3 Å². The summed E-state index contributed by atoms with van der Waals surface area (Å²) < 4.78 is 0. The number of anilines is 2. The third-order valence-electron chi connectivity index (χ3n) is 3.75. The second-order valence-electron chi connectivity index (χ2n) is 5.13. The first-order chi connectivity index (χ1) is 8.79. The quantitative estimate of drug-likeness (QED) is 0.806.